The lowest BCUT2D eigenvalue weighted by molar-refractivity contribution is -0.136. The molecule has 1 aromatic heterocycles. The van der Waals surface area contributed by atoms with E-state index in [-0.39, 0.29) is 12.5 Å². The number of aliphatic carboxylic acids is 1. The first kappa shape index (κ1) is 24.3. The third-order valence-electron chi connectivity index (χ3n) is 6.56. The Morgan fingerprint density at radius 3 is 2.47 bits per heavy atom. The van der Waals surface area contributed by atoms with Crippen LogP contribution >= 0.6 is 11.3 Å². The van der Waals surface area contributed by atoms with Gasteiger partial charge in [-0.15, -0.1) is 11.3 Å². The maximum absolute atomic E-state index is 10.8. The summed E-state index contributed by atoms with van der Waals surface area (Å²) in [5.74, 6) is 0.968. The van der Waals surface area contributed by atoms with Crippen molar-refractivity contribution < 1.29 is 24.1 Å². The highest BCUT2D eigenvalue weighted by atomic mass is 32.1. The molecule has 1 saturated heterocycles. The van der Waals surface area contributed by atoms with Crippen LogP contribution in [0.2, 0.25) is 0 Å². The minimum Gasteiger partial charge on any atom is -0.490 e. The number of thiophene rings is 1. The molecule has 5 rings (SSSR count). The van der Waals surface area contributed by atoms with Crippen molar-refractivity contribution in [1.82, 2.24) is 0 Å². The molecule has 1 fully saturated rings. The fraction of sp³-hybridized carbons (Fsp3) is 0.300. The molecule has 0 unspecified atom stereocenters. The first-order valence-electron chi connectivity index (χ1n) is 12.3. The van der Waals surface area contributed by atoms with Crippen LogP contribution in [0.4, 0.5) is 0 Å². The molecular formula is C30H30O5S. The Kier molecular flexibility index (Phi) is 7.54. The minimum atomic E-state index is -0.778. The van der Waals surface area contributed by atoms with E-state index in [1.807, 2.05) is 30.3 Å². The zero-order valence-electron chi connectivity index (χ0n) is 20.4. The normalized spacial score (nSPS) is 14.1. The van der Waals surface area contributed by atoms with Crippen LogP contribution in [-0.2, 0) is 22.6 Å². The highest BCUT2D eigenvalue weighted by Gasteiger charge is 2.16. The van der Waals surface area contributed by atoms with Crippen molar-refractivity contribution in [2.24, 2.45) is 0 Å². The summed E-state index contributed by atoms with van der Waals surface area (Å²) in [6.07, 6.45) is 2.79. The molecule has 0 saturated carbocycles. The van der Waals surface area contributed by atoms with E-state index in [9.17, 15) is 4.79 Å². The summed E-state index contributed by atoms with van der Waals surface area (Å²) in [4.78, 5) is 10.8. The molecule has 0 atom stereocenters. The Morgan fingerprint density at radius 1 is 0.972 bits per heavy atom. The summed E-state index contributed by atoms with van der Waals surface area (Å²) in [7, 11) is 0. The summed E-state index contributed by atoms with van der Waals surface area (Å²) >= 11 is 1.74. The molecule has 0 radical (unpaired) electrons. The van der Waals surface area contributed by atoms with Crippen LogP contribution in [0.3, 0.4) is 0 Å². The lowest BCUT2D eigenvalue weighted by atomic mass is 9.99. The highest BCUT2D eigenvalue weighted by Crippen LogP contribution is 2.38. The third kappa shape index (κ3) is 5.89. The van der Waals surface area contributed by atoms with Crippen molar-refractivity contribution in [2.45, 2.75) is 45.3 Å². The van der Waals surface area contributed by atoms with Gasteiger partial charge in [0.2, 0.25) is 0 Å². The van der Waals surface area contributed by atoms with Crippen molar-refractivity contribution in [3.63, 3.8) is 0 Å². The Hall–Kier alpha value is -3.35. The van der Waals surface area contributed by atoms with Gasteiger partial charge in [-0.05, 0) is 71.3 Å². The first-order valence-corrected chi connectivity index (χ1v) is 13.2. The first-order chi connectivity index (χ1) is 17.5. The van der Waals surface area contributed by atoms with Crippen LogP contribution in [0.1, 0.15) is 36.0 Å². The summed E-state index contributed by atoms with van der Waals surface area (Å²) in [6, 6.07) is 20.6. The molecule has 1 aliphatic rings. The molecule has 0 amide bonds. The number of hydrogen-bond donors (Lipinski definition) is 1. The molecule has 5 nitrogen and oxygen atoms in total. The van der Waals surface area contributed by atoms with E-state index in [4.69, 9.17) is 19.3 Å². The van der Waals surface area contributed by atoms with Crippen LogP contribution in [0.15, 0.2) is 66.0 Å². The monoisotopic (exact) mass is 502 g/mol. The van der Waals surface area contributed by atoms with Gasteiger partial charge in [0.1, 0.15) is 24.2 Å². The van der Waals surface area contributed by atoms with Gasteiger partial charge in [-0.3, -0.25) is 4.79 Å². The molecule has 2 heterocycles. The van der Waals surface area contributed by atoms with E-state index in [0.29, 0.717) is 13.0 Å². The zero-order valence-corrected chi connectivity index (χ0v) is 21.2. The maximum atomic E-state index is 10.8. The number of carbonyl (C=O) groups is 1. The lowest BCUT2D eigenvalue weighted by Crippen LogP contribution is -2.25. The number of carboxylic acids is 1. The number of carboxylic acid groups (broad SMARTS) is 1. The predicted octanol–water partition coefficient (Wildman–Crippen LogP) is 7.03. The van der Waals surface area contributed by atoms with Gasteiger partial charge in [0.05, 0.1) is 13.2 Å². The molecule has 1 aliphatic heterocycles. The summed E-state index contributed by atoms with van der Waals surface area (Å²) in [5, 5.41) is 12.2. The van der Waals surface area contributed by atoms with E-state index in [1.54, 1.807) is 11.3 Å². The minimum absolute atomic E-state index is 0.143. The maximum Gasteiger partial charge on any atom is 0.303 e. The largest absolute Gasteiger partial charge is 0.490 e. The molecule has 1 N–H and O–H groups in total. The van der Waals surface area contributed by atoms with E-state index in [2.05, 4.69) is 42.6 Å². The summed E-state index contributed by atoms with van der Waals surface area (Å²) in [6.45, 7) is 4.13. The van der Waals surface area contributed by atoms with Gasteiger partial charge in [-0.25, -0.2) is 0 Å². The fourth-order valence-corrected chi connectivity index (χ4v) is 5.47. The van der Waals surface area contributed by atoms with Crippen LogP contribution in [0.25, 0.3) is 21.2 Å². The van der Waals surface area contributed by atoms with E-state index >= 15 is 0 Å². The van der Waals surface area contributed by atoms with Gasteiger partial charge in [0, 0.05) is 34.9 Å². The molecule has 36 heavy (non-hydrogen) atoms. The lowest BCUT2D eigenvalue weighted by Gasteiger charge is -2.23. The van der Waals surface area contributed by atoms with Gasteiger partial charge >= 0.3 is 5.97 Å². The SMILES string of the molecule is Cc1cc(OC2CCOCC2)ccc1-c1csc2ccc(OCc3ccc(CCC(=O)O)cc3)cc12. The van der Waals surface area contributed by atoms with Gasteiger partial charge < -0.3 is 19.3 Å². The van der Waals surface area contributed by atoms with Crippen LogP contribution in [0.5, 0.6) is 11.5 Å². The molecular weight excluding hydrogens is 472 g/mol. The van der Waals surface area contributed by atoms with Gasteiger partial charge in [0.15, 0.2) is 0 Å². The number of aryl methyl sites for hydroxylation is 2. The number of fused-ring (bicyclic) bond motifs is 1. The second-order valence-electron chi connectivity index (χ2n) is 9.21. The molecule has 186 valence electrons. The summed E-state index contributed by atoms with van der Waals surface area (Å²) in [5.41, 5.74) is 5.67. The quantitative estimate of drug-likeness (QED) is 0.266. The molecule has 0 aliphatic carbocycles. The van der Waals surface area contributed by atoms with E-state index in [0.717, 1.165) is 48.7 Å². The van der Waals surface area contributed by atoms with Crippen LogP contribution in [-0.4, -0.2) is 30.4 Å². The molecule has 0 bridgehead atoms. The Morgan fingerprint density at radius 2 is 1.72 bits per heavy atom. The average Bonchev–Trinajstić information content (AvgIpc) is 3.30. The van der Waals surface area contributed by atoms with Gasteiger partial charge in [-0.2, -0.15) is 0 Å². The molecule has 6 heteroatoms. The number of benzene rings is 3. The standard InChI is InChI=1S/C30H30O5S/c1-20-16-25(35-23-12-14-33-15-13-23)7-9-26(20)28-19-36-29-10-8-24(17-27(28)29)34-18-22-4-2-21(3-5-22)6-11-30(31)32/h2-5,7-10,16-17,19,23H,6,11-15,18H2,1H3,(H,31,32). The predicted molar refractivity (Wildman–Crippen MR) is 143 cm³/mol. The van der Waals surface area contributed by atoms with Crippen molar-refractivity contribution in [3.05, 3.63) is 82.7 Å². The van der Waals surface area contributed by atoms with Gasteiger partial charge in [0.25, 0.3) is 0 Å². The molecule has 3 aromatic carbocycles. The Bertz CT molecular complexity index is 1340. The summed E-state index contributed by atoms with van der Waals surface area (Å²) < 4.78 is 19.0. The van der Waals surface area contributed by atoms with E-state index < -0.39 is 5.97 Å². The molecule has 4 aromatic rings. The highest BCUT2D eigenvalue weighted by molar-refractivity contribution is 7.17. The Labute approximate surface area is 215 Å². The van der Waals surface area contributed by atoms with Gasteiger partial charge in [-0.1, -0.05) is 30.3 Å². The average molecular weight is 503 g/mol. The number of rotatable bonds is 9. The third-order valence-corrected chi connectivity index (χ3v) is 7.52. The van der Waals surface area contributed by atoms with Crippen molar-refractivity contribution in [3.8, 4) is 22.6 Å². The second-order valence-corrected chi connectivity index (χ2v) is 10.1. The second kappa shape index (κ2) is 11.1. The molecule has 0 spiro atoms. The van der Waals surface area contributed by atoms with E-state index in [1.165, 1.54) is 26.8 Å². The van der Waals surface area contributed by atoms with Crippen molar-refractivity contribution in [1.29, 1.82) is 0 Å². The Balaban J connectivity index is 1.28. The van der Waals surface area contributed by atoms with Crippen molar-refractivity contribution in [2.75, 3.05) is 13.2 Å². The topological polar surface area (TPSA) is 65.0 Å². The number of ether oxygens (including phenoxy) is 3. The fourth-order valence-electron chi connectivity index (χ4n) is 4.52. The zero-order chi connectivity index (χ0) is 24.9. The van der Waals surface area contributed by atoms with Crippen LogP contribution < -0.4 is 9.47 Å². The smallest absolute Gasteiger partial charge is 0.303 e. The number of hydrogen-bond acceptors (Lipinski definition) is 5. The van der Waals surface area contributed by atoms with Crippen LogP contribution in [0, 0.1) is 6.92 Å². The van der Waals surface area contributed by atoms with Crippen molar-refractivity contribution >= 4 is 27.4 Å².